The van der Waals surface area contributed by atoms with Crippen LogP contribution in [-0.2, 0) is 6.42 Å². The minimum absolute atomic E-state index is 0.255. The summed E-state index contributed by atoms with van der Waals surface area (Å²) >= 11 is 0. The molecule has 2 aromatic carbocycles. The summed E-state index contributed by atoms with van der Waals surface area (Å²) in [6, 6.07) is 15.5. The van der Waals surface area contributed by atoms with Gasteiger partial charge in [-0.2, -0.15) is 0 Å². The van der Waals surface area contributed by atoms with Crippen LogP contribution in [0.4, 0.5) is 20.2 Å². The number of nitrogens with zero attached hydrogens (tertiary/aromatic N) is 1. The quantitative estimate of drug-likeness (QED) is 0.702. The Bertz CT molecular complexity index is 898. The zero-order valence-electron chi connectivity index (χ0n) is 13.9. The summed E-state index contributed by atoms with van der Waals surface area (Å²) < 4.78 is 26.1. The number of rotatable bonds is 6. The Labute approximate surface area is 149 Å². The minimum Gasteiger partial charge on any atom is -0.355 e. The molecule has 1 aromatic heterocycles. The summed E-state index contributed by atoms with van der Waals surface area (Å²) in [6.45, 7) is 0.410. The van der Waals surface area contributed by atoms with Crippen molar-refractivity contribution >= 4 is 17.3 Å². The van der Waals surface area contributed by atoms with Crippen LogP contribution in [0.25, 0.3) is 0 Å². The van der Waals surface area contributed by atoms with Gasteiger partial charge in [-0.25, -0.2) is 8.78 Å². The smallest absolute Gasteiger partial charge is 0.269 e. The number of anilines is 2. The molecule has 0 saturated carbocycles. The third-order valence-electron chi connectivity index (χ3n) is 3.72. The molecule has 3 aromatic rings. The number of halogens is 2. The van der Waals surface area contributed by atoms with Gasteiger partial charge in [0, 0.05) is 24.1 Å². The number of aromatic nitrogens is 1. The van der Waals surface area contributed by atoms with E-state index in [9.17, 15) is 13.6 Å². The van der Waals surface area contributed by atoms with Crippen molar-refractivity contribution in [1.82, 2.24) is 10.3 Å². The molecule has 0 saturated heterocycles. The summed E-state index contributed by atoms with van der Waals surface area (Å²) in [5.74, 6) is -0.942. The van der Waals surface area contributed by atoms with Gasteiger partial charge in [-0.3, -0.25) is 9.78 Å². The Morgan fingerprint density at radius 1 is 0.923 bits per heavy atom. The lowest BCUT2D eigenvalue weighted by molar-refractivity contribution is 0.0949. The van der Waals surface area contributed by atoms with Crippen LogP contribution in [0.3, 0.4) is 0 Å². The van der Waals surface area contributed by atoms with Crippen LogP contribution in [0.15, 0.2) is 66.9 Å². The first-order chi connectivity index (χ1) is 12.6. The fourth-order valence-electron chi connectivity index (χ4n) is 2.43. The van der Waals surface area contributed by atoms with Crippen LogP contribution in [0.5, 0.6) is 0 Å². The number of hydrogen-bond acceptors (Lipinski definition) is 3. The average molecular weight is 353 g/mol. The molecule has 0 bridgehead atoms. The second-order valence-electron chi connectivity index (χ2n) is 5.70. The predicted molar refractivity (Wildman–Crippen MR) is 96.4 cm³/mol. The molecule has 0 fully saturated rings. The molecule has 1 amide bonds. The van der Waals surface area contributed by atoms with Gasteiger partial charge < -0.3 is 10.6 Å². The van der Waals surface area contributed by atoms with Gasteiger partial charge in [-0.1, -0.05) is 18.2 Å². The Balaban J connectivity index is 1.58. The first-order valence-electron chi connectivity index (χ1n) is 8.11. The Morgan fingerprint density at radius 3 is 2.46 bits per heavy atom. The van der Waals surface area contributed by atoms with E-state index in [4.69, 9.17) is 0 Å². The van der Waals surface area contributed by atoms with E-state index in [2.05, 4.69) is 15.6 Å². The molecule has 0 spiro atoms. The minimum atomic E-state index is -0.345. The van der Waals surface area contributed by atoms with E-state index in [-0.39, 0.29) is 23.2 Å². The lowest BCUT2D eigenvalue weighted by Crippen LogP contribution is -2.26. The van der Waals surface area contributed by atoms with Crippen LogP contribution < -0.4 is 10.6 Å². The van der Waals surface area contributed by atoms with Crippen molar-refractivity contribution in [3.05, 3.63) is 89.8 Å². The van der Waals surface area contributed by atoms with Crippen LogP contribution in [-0.4, -0.2) is 17.4 Å². The van der Waals surface area contributed by atoms with Gasteiger partial charge in [0.15, 0.2) is 0 Å². The van der Waals surface area contributed by atoms with E-state index in [0.717, 1.165) is 5.56 Å². The lowest BCUT2D eigenvalue weighted by atomic mass is 10.1. The van der Waals surface area contributed by atoms with Crippen molar-refractivity contribution in [2.24, 2.45) is 0 Å². The van der Waals surface area contributed by atoms with Crippen LogP contribution in [0.1, 0.15) is 16.1 Å². The fraction of sp³-hybridized carbons (Fsp3) is 0.100. The summed E-state index contributed by atoms with van der Waals surface area (Å²) in [4.78, 5) is 16.3. The molecule has 3 rings (SSSR count). The van der Waals surface area contributed by atoms with Crippen molar-refractivity contribution < 1.29 is 13.6 Å². The molecule has 2 N–H and O–H groups in total. The standard InChI is InChI=1S/C20H17F2N3O/c21-15-6-4-14(5-7-15)8-10-24-20(26)19-13-18(9-11-23-19)25-17-3-1-2-16(22)12-17/h1-7,9,11-13H,8,10H2,(H,23,25)(H,24,26). The first kappa shape index (κ1) is 17.5. The van der Waals surface area contributed by atoms with Crippen molar-refractivity contribution in [1.29, 1.82) is 0 Å². The molecule has 132 valence electrons. The molecular weight excluding hydrogens is 336 g/mol. The van der Waals surface area contributed by atoms with Gasteiger partial charge in [-0.15, -0.1) is 0 Å². The van der Waals surface area contributed by atoms with E-state index in [1.807, 2.05) is 0 Å². The number of carbonyl (C=O) groups is 1. The molecule has 1 heterocycles. The summed E-state index contributed by atoms with van der Waals surface area (Å²) in [6.07, 6.45) is 2.10. The van der Waals surface area contributed by atoms with Crippen LogP contribution in [0, 0.1) is 11.6 Å². The lowest BCUT2D eigenvalue weighted by Gasteiger charge is -2.09. The number of nitrogens with one attached hydrogen (secondary N) is 2. The molecule has 26 heavy (non-hydrogen) atoms. The average Bonchev–Trinajstić information content (AvgIpc) is 2.63. The molecule has 0 aliphatic carbocycles. The number of hydrogen-bond donors (Lipinski definition) is 2. The zero-order chi connectivity index (χ0) is 18.4. The highest BCUT2D eigenvalue weighted by atomic mass is 19.1. The molecule has 0 aliphatic heterocycles. The van der Waals surface area contributed by atoms with Gasteiger partial charge in [0.1, 0.15) is 17.3 Å². The van der Waals surface area contributed by atoms with Gasteiger partial charge in [0.2, 0.25) is 0 Å². The second-order valence-corrected chi connectivity index (χ2v) is 5.70. The third kappa shape index (κ3) is 4.86. The fourth-order valence-corrected chi connectivity index (χ4v) is 2.43. The molecule has 0 radical (unpaired) electrons. The third-order valence-corrected chi connectivity index (χ3v) is 3.72. The maximum Gasteiger partial charge on any atom is 0.269 e. The number of pyridine rings is 1. The van der Waals surface area contributed by atoms with Crippen molar-refractivity contribution in [2.45, 2.75) is 6.42 Å². The molecule has 0 atom stereocenters. The van der Waals surface area contributed by atoms with Gasteiger partial charge in [-0.05, 0) is 54.4 Å². The number of carbonyl (C=O) groups excluding carboxylic acids is 1. The number of benzene rings is 2. The summed E-state index contributed by atoms with van der Waals surface area (Å²) in [5.41, 5.74) is 2.40. The van der Waals surface area contributed by atoms with E-state index in [1.165, 1.54) is 30.5 Å². The first-order valence-corrected chi connectivity index (χ1v) is 8.11. The van der Waals surface area contributed by atoms with Crippen molar-refractivity contribution in [3.63, 3.8) is 0 Å². The maximum atomic E-state index is 13.2. The van der Waals surface area contributed by atoms with E-state index >= 15 is 0 Å². The predicted octanol–water partition coefficient (Wildman–Crippen LogP) is 4.08. The number of amides is 1. The summed E-state index contributed by atoms with van der Waals surface area (Å²) in [7, 11) is 0. The van der Waals surface area contributed by atoms with E-state index in [1.54, 1.807) is 36.4 Å². The Morgan fingerprint density at radius 2 is 1.69 bits per heavy atom. The Hall–Kier alpha value is -3.28. The van der Waals surface area contributed by atoms with Gasteiger partial charge >= 0.3 is 0 Å². The van der Waals surface area contributed by atoms with E-state index in [0.29, 0.717) is 24.3 Å². The SMILES string of the molecule is O=C(NCCc1ccc(F)cc1)c1cc(Nc2cccc(F)c2)ccn1. The highest BCUT2D eigenvalue weighted by Gasteiger charge is 2.08. The van der Waals surface area contributed by atoms with E-state index < -0.39 is 0 Å². The van der Waals surface area contributed by atoms with Gasteiger partial charge in [0.25, 0.3) is 5.91 Å². The zero-order valence-corrected chi connectivity index (χ0v) is 13.9. The largest absolute Gasteiger partial charge is 0.355 e. The molecule has 6 heteroatoms. The molecule has 4 nitrogen and oxygen atoms in total. The monoisotopic (exact) mass is 353 g/mol. The highest BCUT2D eigenvalue weighted by Crippen LogP contribution is 2.17. The van der Waals surface area contributed by atoms with Crippen molar-refractivity contribution in [2.75, 3.05) is 11.9 Å². The van der Waals surface area contributed by atoms with Crippen molar-refractivity contribution in [3.8, 4) is 0 Å². The van der Waals surface area contributed by atoms with Crippen LogP contribution in [0.2, 0.25) is 0 Å². The molecule has 0 aliphatic rings. The van der Waals surface area contributed by atoms with Gasteiger partial charge in [0.05, 0.1) is 0 Å². The summed E-state index contributed by atoms with van der Waals surface area (Å²) in [5, 5.41) is 5.81. The second kappa shape index (κ2) is 8.20. The topological polar surface area (TPSA) is 54.0 Å². The maximum absolute atomic E-state index is 13.2. The normalized spacial score (nSPS) is 10.4. The Kier molecular flexibility index (Phi) is 5.53. The molecule has 0 unspecified atom stereocenters. The highest BCUT2D eigenvalue weighted by molar-refractivity contribution is 5.93. The molecular formula is C20H17F2N3O. The van der Waals surface area contributed by atoms with Crippen LogP contribution >= 0.6 is 0 Å².